The predicted octanol–water partition coefficient (Wildman–Crippen LogP) is 16.0. The molecule has 0 bridgehead atoms. The van der Waals surface area contributed by atoms with Crippen LogP contribution in [0.1, 0.15) is 22.3 Å². The van der Waals surface area contributed by atoms with Gasteiger partial charge in [0.15, 0.2) is 5.82 Å². The molecule has 302 valence electrons. The average molecular weight is 862 g/mol. The third-order valence-electron chi connectivity index (χ3n) is 13.6. The number of hydrogen-bond acceptors (Lipinski definition) is 5. The molecule has 12 aromatic rings. The lowest BCUT2D eigenvalue weighted by atomic mass is 9.67. The van der Waals surface area contributed by atoms with Crippen molar-refractivity contribution < 1.29 is 0 Å². The number of aromatic nitrogens is 3. The Hall–Kier alpha value is -7.70. The van der Waals surface area contributed by atoms with Gasteiger partial charge in [0.2, 0.25) is 0 Å². The molecular weight excluding hydrogens is 827 g/mol. The van der Waals surface area contributed by atoms with Gasteiger partial charge in [-0.2, -0.15) is 0 Å². The first-order valence-corrected chi connectivity index (χ1v) is 23.6. The number of thiophene rings is 1. The fraction of sp³-hybridized carbons (Fsp3) is 0.0167. The van der Waals surface area contributed by atoms with Crippen LogP contribution in [0.25, 0.3) is 98.1 Å². The quantitative estimate of drug-likeness (QED) is 0.165. The fourth-order valence-electron chi connectivity index (χ4n) is 10.8. The predicted molar refractivity (Wildman–Crippen MR) is 271 cm³/mol. The van der Waals surface area contributed by atoms with E-state index in [2.05, 4.69) is 206 Å². The molecule has 1 aliphatic heterocycles. The largest absolute Gasteiger partial charge is 0.247 e. The minimum Gasteiger partial charge on any atom is -0.247 e. The standard InChI is InChI=1S/C60H35N3S2/c1-3-16-36(17-4-1)56-45-32-33-49-58(65-54-29-14-12-27-48(54)60(49)46-25-10-7-20-39(46)40-21-8-11-26-47(40)60)55(45)43-31-30-38(34-51(43)61-56)50-35-52(63-59(62-50)37-18-5-2-6-19-37)44-24-15-23-42-41-22-9-13-28-53(41)64-57(42)44/h1-35H. The van der Waals surface area contributed by atoms with Crippen LogP contribution < -0.4 is 0 Å². The van der Waals surface area contributed by atoms with Crippen LogP contribution in [-0.4, -0.2) is 15.0 Å². The Morgan fingerprint density at radius 1 is 0.385 bits per heavy atom. The Morgan fingerprint density at radius 2 is 1.02 bits per heavy atom. The van der Waals surface area contributed by atoms with Crippen LogP contribution in [0.3, 0.4) is 0 Å². The van der Waals surface area contributed by atoms with Crippen LogP contribution in [0.2, 0.25) is 0 Å². The maximum atomic E-state index is 5.59. The van der Waals surface area contributed by atoms with Crippen molar-refractivity contribution in [2.45, 2.75) is 15.2 Å². The van der Waals surface area contributed by atoms with Gasteiger partial charge in [0.05, 0.1) is 28.0 Å². The molecule has 3 aromatic heterocycles. The normalized spacial score (nSPS) is 13.3. The zero-order valence-corrected chi connectivity index (χ0v) is 36.5. The Kier molecular flexibility index (Phi) is 8.00. The Labute approximate surface area is 383 Å². The van der Waals surface area contributed by atoms with E-state index in [9.17, 15) is 0 Å². The molecule has 0 unspecified atom stereocenters. The minimum atomic E-state index is -0.483. The summed E-state index contributed by atoms with van der Waals surface area (Å²) >= 11 is 3.72. The molecule has 4 heterocycles. The summed E-state index contributed by atoms with van der Waals surface area (Å²) in [7, 11) is 0. The molecule has 0 amide bonds. The van der Waals surface area contributed by atoms with E-state index in [0.29, 0.717) is 5.82 Å². The van der Waals surface area contributed by atoms with Crippen molar-refractivity contribution in [1.82, 2.24) is 15.0 Å². The van der Waals surface area contributed by atoms with Gasteiger partial charge < -0.3 is 0 Å². The SMILES string of the molecule is c1ccc(-c2nc(-c3ccc4c(c3)nc(-c3ccccc3)c3ccc5c(c34)Sc3ccccc3C53c4ccccc4-c4ccccc43)cc(-c3cccc4c3sc3ccccc34)n2)cc1. The number of pyridine rings is 1. The van der Waals surface area contributed by atoms with E-state index in [0.717, 1.165) is 55.6 Å². The monoisotopic (exact) mass is 861 g/mol. The molecule has 0 saturated heterocycles. The third kappa shape index (κ3) is 5.34. The van der Waals surface area contributed by atoms with E-state index in [1.807, 2.05) is 29.2 Å². The molecule has 2 aliphatic rings. The highest BCUT2D eigenvalue weighted by Crippen LogP contribution is 2.63. The summed E-state index contributed by atoms with van der Waals surface area (Å²) in [5.41, 5.74) is 15.2. The first kappa shape index (κ1) is 36.8. The maximum Gasteiger partial charge on any atom is 0.160 e. The van der Waals surface area contributed by atoms with Crippen molar-refractivity contribution >= 4 is 64.9 Å². The van der Waals surface area contributed by atoms with Gasteiger partial charge >= 0.3 is 0 Å². The molecular formula is C60H35N3S2. The summed E-state index contributed by atoms with van der Waals surface area (Å²) in [6.07, 6.45) is 0. The highest BCUT2D eigenvalue weighted by Gasteiger charge is 2.50. The third-order valence-corrected chi connectivity index (χ3v) is 16.0. The molecule has 3 nitrogen and oxygen atoms in total. The summed E-state index contributed by atoms with van der Waals surface area (Å²) in [5.74, 6) is 0.694. The first-order valence-electron chi connectivity index (χ1n) is 22.0. The summed E-state index contributed by atoms with van der Waals surface area (Å²) in [6.45, 7) is 0. The Bertz CT molecular complexity index is 3890. The Balaban J connectivity index is 1.04. The number of fused-ring (bicyclic) bond motifs is 16. The van der Waals surface area contributed by atoms with E-state index in [-0.39, 0.29) is 0 Å². The molecule has 1 spiro atoms. The summed E-state index contributed by atoms with van der Waals surface area (Å²) in [6, 6.07) is 77.0. The van der Waals surface area contributed by atoms with E-state index < -0.39 is 5.41 Å². The molecule has 1 aliphatic carbocycles. The lowest BCUT2D eigenvalue weighted by molar-refractivity contribution is 0.726. The van der Waals surface area contributed by atoms with Gasteiger partial charge in [-0.1, -0.05) is 200 Å². The molecule has 14 rings (SSSR count). The molecule has 0 fully saturated rings. The average Bonchev–Trinajstić information content (AvgIpc) is 3.90. The first-order chi connectivity index (χ1) is 32.2. The van der Waals surface area contributed by atoms with Crippen molar-refractivity contribution in [1.29, 1.82) is 0 Å². The topological polar surface area (TPSA) is 38.7 Å². The molecule has 0 N–H and O–H groups in total. The zero-order valence-electron chi connectivity index (χ0n) is 34.9. The van der Waals surface area contributed by atoms with Crippen LogP contribution in [0.15, 0.2) is 222 Å². The van der Waals surface area contributed by atoms with Crippen LogP contribution >= 0.6 is 23.1 Å². The van der Waals surface area contributed by atoms with Gasteiger partial charge in [-0.05, 0) is 57.6 Å². The minimum absolute atomic E-state index is 0.483. The smallest absolute Gasteiger partial charge is 0.160 e. The number of hydrogen-bond donors (Lipinski definition) is 0. The van der Waals surface area contributed by atoms with E-state index in [1.165, 1.54) is 68.7 Å². The molecule has 0 atom stereocenters. The van der Waals surface area contributed by atoms with Gasteiger partial charge in [-0.15, -0.1) is 11.3 Å². The van der Waals surface area contributed by atoms with E-state index in [1.54, 1.807) is 0 Å². The summed E-state index contributed by atoms with van der Waals surface area (Å²) in [5, 5.41) is 6.00. The zero-order chi connectivity index (χ0) is 42.6. The van der Waals surface area contributed by atoms with Crippen molar-refractivity contribution in [2.24, 2.45) is 0 Å². The molecule has 9 aromatic carbocycles. The van der Waals surface area contributed by atoms with Crippen LogP contribution in [0, 0.1) is 0 Å². The molecule has 0 radical (unpaired) electrons. The van der Waals surface area contributed by atoms with Crippen LogP contribution in [-0.2, 0) is 5.41 Å². The second-order valence-electron chi connectivity index (χ2n) is 17.0. The van der Waals surface area contributed by atoms with Gasteiger partial charge in [0.1, 0.15) is 0 Å². The number of rotatable bonds is 4. The van der Waals surface area contributed by atoms with Gasteiger partial charge in [-0.25, -0.2) is 15.0 Å². The van der Waals surface area contributed by atoms with Crippen LogP contribution in [0.5, 0.6) is 0 Å². The molecule has 0 saturated carbocycles. The summed E-state index contributed by atoms with van der Waals surface area (Å²) < 4.78 is 2.50. The van der Waals surface area contributed by atoms with E-state index >= 15 is 0 Å². The van der Waals surface area contributed by atoms with Crippen molar-refractivity contribution in [3.8, 4) is 56.3 Å². The fourth-order valence-corrected chi connectivity index (χ4v) is 13.4. The lowest BCUT2D eigenvalue weighted by Gasteiger charge is -2.40. The second-order valence-corrected chi connectivity index (χ2v) is 19.1. The number of nitrogens with zero attached hydrogens (tertiary/aromatic N) is 3. The Morgan fingerprint density at radius 3 is 1.82 bits per heavy atom. The van der Waals surface area contributed by atoms with Crippen molar-refractivity contribution in [3.05, 3.63) is 235 Å². The molecule has 5 heteroatoms. The molecule has 65 heavy (non-hydrogen) atoms. The highest BCUT2D eigenvalue weighted by atomic mass is 32.2. The highest BCUT2D eigenvalue weighted by molar-refractivity contribution is 7.99. The lowest BCUT2D eigenvalue weighted by Crippen LogP contribution is -2.32. The second kappa shape index (κ2) is 14.2. The maximum absolute atomic E-state index is 5.59. The number of benzene rings is 9. The van der Waals surface area contributed by atoms with Crippen molar-refractivity contribution in [3.63, 3.8) is 0 Å². The van der Waals surface area contributed by atoms with Gasteiger partial charge in [0.25, 0.3) is 0 Å². The van der Waals surface area contributed by atoms with Gasteiger partial charge in [0, 0.05) is 68.4 Å². The summed E-state index contributed by atoms with van der Waals surface area (Å²) in [4.78, 5) is 18.7. The van der Waals surface area contributed by atoms with Crippen molar-refractivity contribution in [2.75, 3.05) is 0 Å². The van der Waals surface area contributed by atoms with E-state index in [4.69, 9.17) is 15.0 Å². The van der Waals surface area contributed by atoms with Gasteiger partial charge in [-0.3, -0.25) is 0 Å². The van der Waals surface area contributed by atoms with Crippen LogP contribution in [0.4, 0.5) is 0 Å².